The van der Waals surface area contributed by atoms with Gasteiger partial charge in [-0.15, -0.1) is 0 Å². The third-order valence-corrected chi connectivity index (χ3v) is 2.54. The van der Waals surface area contributed by atoms with Crippen molar-refractivity contribution in [2.45, 2.75) is 6.61 Å². The van der Waals surface area contributed by atoms with E-state index in [2.05, 4.69) is 15.3 Å². The second-order valence-electron chi connectivity index (χ2n) is 3.16. The summed E-state index contributed by atoms with van der Waals surface area (Å²) >= 11 is 1.62. The fourth-order valence-corrected chi connectivity index (χ4v) is 1.85. The van der Waals surface area contributed by atoms with Crippen LogP contribution in [0.3, 0.4) is 0 Å². The van der Waals surface area contributed by atoms with Gasteiger partial charge in [0.2, 0.25) is 0 Å². The van der Waals surface area contributed by atoms with E-state index in [-0.39, 0.29) is 0 Å². The summed E-state index contributed by atoms with van der Waals surface area (Å²) < 4.78 is 4.97. The highest BCUT2D eigenvalue weighted by Gasteiger charge is 2.03. The Bertz CT molecular complexity index is 458. The van der Waals surface area contributed by atoms with Crippen molar-refractivity contribution < 1.29 is 4.74 Å². The van der Waals surface area contributed by atoms with Crippen molar-refractivity contribution in [1.82, 2.24) is 9.97 Å². The zero-order valence-electron chi connectivity index (χ0n) is 8.80. The molecule has 0 atom stereocenters. The van der Waals surface area contributed by atoms with Gasteiger partial charge in [-0.05, 0) is 11.4 Å². The highest BCUT2D eigenvalue weighted by atomic mass is 32.1. The number of hydrogen-bond donors (Lipinski definition) is 2. The second-order valence-corrected chi connectivity index (χ2v) is 3.94. The number of anilines is 3. The lowest BCUT2D eigenvalue weighted by molar-refractivity contribution is 0.178. The van der Waals surface area contributed by atoms with E-state index in [1.165, 1.54) is 0 Å². The summed E-state index contributed by atoms with van der Waals surface area (Å²) in [5.41, 5.74) is 6.67. The zero-order chi connectivity index (χ0) is 11.4. The first-order valence-electron chi connectivity index (χ1n) is 4.69. The molecule has 0 fully saturated rings. The molecule has 0 amide bonds. The van der Waals surface area contributed by atoms with Crippen molar-refractivity contribution in [2.75, 3.05) is 18.2 Å². The van der Waals surface area contributed by atoms with Gasteiger partial charge in [0.1, 0.15) is 18.2 Å². The van der Waals surface area contributed by atoms with E-state index in [1.807, 2.05) is 16.8 Å². The Morgan fingerprint density at radius 3 is 3.06 bits per heavy atom. The normalized spacial score (nSPS) is 10.3. The minimum absolute atomic E-state index is 0.351. The molecule has 16 heavy (non-hydrogen) atoms. The van der Waals surface area contributed by atoms with Crippen LogP contribution in [-0.4, -0.2) is 17.1 Å². The van der Waals surface area contributed by atoms with Gasteiger partial charge in [0.15, 0.2) is 5.82 Å². The smallest absolute Gasteiger partial charge is 0.158 e. The van der Waals surface area contributed by atoms with Crippen molar-refractivity contribution in [1.29, 1.82) is 0 Å². The molecule has 6 heteroatoms. The summed E-state index contributed by atoms with van der Waals surface area (Å²) in [6.07, 6.45) is 0. The maximum atomic E-state index is 5.67. The van der Waals surface area contributed by atoms with Crippen LogP contribution in [0.1, 0.15) is 5.82 Å². The summed E-state index contributed by atoms with van der Waals surface area (Å²) in [6.45, 7) is 0.351. The number of nitrogens with zero attached hydrogens (tertiary/aromatic N) is 2. The maximum absolute atomic E-state index is 5.67. The monoisotopic (exact) mass is 236 g/mol. The molecular formula is C10H12N4OS. The number of ether oxygens (including phenoxy) is 1. The van der Waals surface area contributed by atoms with Crippen LogP contribution in [0.2, 0.25) is 0 Å². The first-order chi connectivity index (χ1) is 7.78. The molecule has 0 spiro atoms. The molecule has 0 aliphatic rings. The van der Waals surface area contributed by atoms with Crippen LogP contribution in [0.15, 0.2) is 22.9 Å². The first-order valence-corrected chi connectivity index (χ1v) is 5.64. The molecule has 0 unspecified atom stereocenters. The van der Waals surface area contributed by atoms with Crippen LogP contribution in [0.4, 0.5) is 17.3 Å². The molecule has 0 aliphatic carbocycles. The summed E-state index contributed by atoms with van der Waals surface area (Å²) in [6, 6.07) is 3.66. The minimum atomic E-state index is 0.351. The second kappa shape index (κ2) is 4.91. The highest BCUT2D eigenvalue weighted by molar-refractivity contribution is 7.08. The van der Waals surface area contributed by atoms with E-state index in [0.717, 1.165) is 5.69 Å². The quantitative estimate of drug-likeness (QED) is 0.849. The average Bonchev–Trinajstić information content (AvgIpc) is 2.70. The predicted molar refractivity (Wildman–Crippen MR) is 64.8 cm³/mol. The zero-order valence-corrected chi connectivity index (χ0v) is 9.62. The molecule has 0 saturated carbocycles. The van der Waals surface area contributed by atoms with Crippen molar-refractivity contribution >= 4 is 28.7 Å². The number of thiophene rings is 1. The van der Waals surface area contributed by atoms with Crippen LogP contribution in [0.5, 0.6) is 0 Å². The van der Waals surface area contributed by atoms with Crippen molar-refractivity contribution in [2.24, 2.45) is 0 Å². The molecule has 2 heterocycles. The van der Waals surface area contributed by atoms with Crippen LogP contribution in [0.25, 0.3) is 0 Å². The molecule has 2 aromatic rings. The number of rotatable bonds is 4. The lowest BCUT2D eigenvalue weighted by Gasteiger charge is -2.06. The summed E-state index contributed by atoms with van der Waals surface area (Å²) in [5.74, 6) is 1.68. The minimum Gasteiger partial charge on any atom is -0.384 e. The van der Waals surface area contributed by atoms with Crippen LogP contribution in [0, 0.1) is 0 Å². The van der Waals surface area contributed by atoms with Gasteiger partial charge < -0.3 is 15.8 Å². The third-order valence-electron chi connectivity index (χ3n) is 1.86. The molecule has 0 aliphatic heterocycles. The highest BCUT2D eigenvalue weighted by Crippen LogP contribution is 2.18. The number of nitrogens with two attached hydrogens (primary N) is 1. The lowest BCUT2D eigenvalue weighted by atomic mass is 10.4. The van der Waals surface area contributed by atoms with E-state index in [1.54, 1.807) is 24.5 Å². The third kappa shape index (κ3) is 2.68. The Kier molecular flexibility index (Phi) is 3.33. The van der Waals surface area contributed by atoms with Gasteiger partial charge in [-0.3, -0.25) is 0 Å². The van der Waals surface area contributed by atoms with Gasteiger partial charge in [0, 0.05) is 18.6 Å². The van der Waals surface area contributed by atoms with Gasteiger partial charge in [0.05, 0.1) is 5.69 Å². The molecule has 0 radical (unpaired) electrons. The number of methoxy groups -OCH3 is 1. The Hall–Kier alpha value is -1.66. The Balaban J connectivity index is 2.20. The van der Waals surface area contributed by atoms with Gasteiger partial charge in [-0.25, -0.2) is 9.97 Å². The molecule has 0 aromatic carbocycles. The maximum Gasteiger partial charge on any atom is 0.158 e. The van der Waals surface area contributed by atoms with E-state index >= 15 is 0 Å². The Labute approximate surface area is 97.3 Å². The lowest BCUT2D eigenvalue weighted by Crippen LogP contribution is -2.04. The van der Waals surface area contributed by atoms with Crippen molar-refractivity contribution in [3.63, 3.8) is 0 Å². The Morgan fingerprint density at radius 1 is 1.50 bits per heavy atom. The van der Waals surface area contributed by atoms with Crippen LogP contribution < -0.4 is 11.1 Å². The first kappa shape index (κ1) is 10.8. The van der Waals surface area contributed by atoms with E-state index in [9.17, 15) is 0 Å². The van der Waals surface area contributed by atoms with Gasteiger partial charge in [0.25, 0.3) is 0 Å². The number of nitrogen functional groups attached to an aromatic ring is 1. The molecule has 5 nitrogen and oxygen atoms in total. The number of nitrogens with one attached hydrogen (secondary N) is 1. The molecule has 2 rings (SSSR count). The summed E-state index contributed by atoms with van der Waals surface area (Å²) in [4.78, 5) is 8.33. The van der Waals surface area contributed by atoms with Crippen molar-refractivity contribution in [3.8, 4) is 0 Å². The van der Waals surface area contributed by atoms with Crippen molar-refractivity contribution in [3.05, 3.63) is 28.7 Å². The fourth-order valence-electron chi connectivity index (χ4n) is 1.26. The van der Waals surface area contributed by atoms with Gasteiger partial charge in [-0.2, -0.15) is 11.3 Å². The molecule has 84 valence electrons. The molecule has 0 saturated heterocycles. The predicted octanol–water partition coefficient (Wildman–Crippen LogP) is 2.01. The number of hydrogen-bond acceptors (Lipinski definition) is 6. The number of aromatic nitrogens is 2. The van der Waals surface area contributed by atoms with E-state index in [4.69, 9.17) is 10.5 Å². The summed E-state index contributed by atoms with van der Waals surface area (Å²) in [5, 5.41) is 7.13. The van der Waals surface area contributed by atoms with E-state index < -0.39 is 0 Å². The van der Waals surface area contributed by atoms with E-state index in [0.29, 0.717) is 24.1 Å². The van der Waals surface area contributed by atoms with Crippen LogP contribution in [-0.2, 0) is 11.3 Å². The van der Waals surface area contributed by atoms with Gasteiger partial charge in [-0.1, -0.05) is 0 Å². The average molecular weight is 236 g/mol. The largest absolute Gasteiger partial charge is 0.384 e. The summed E-state index contributed by atoms with van der Waals surface area (Å²) in [7, 11) is 1.60. The molecule has 3 N–H and O–H groups in total. The standard InChI is InChI=1S/C10H12N4OS/c1-15-5-10-13-8(11)4-9(14-10)12-7-2-3-16-6-7/h2-4,6H,5H2,1H3,(H3,11,12,13,14). The van der Waals surface area contributed by atoms with Crippen LogP contribution >= 0.6 is 11.3 Å². The SMILES string of the molecule is COCc1nc(N)cc(Nc2ccsc2)n1. The van der Waals surface area contributed by atoms with Gasteiger partial charge >= 0.3 is 0 Å². The molecular weight excluding hydrogens is 224 g/mol. The topological polar surface area (TPSA) is 73.1 Å². The molecule has 0 bridgehead atoms. The molecule has 2 aromatic heterocycles. The Morgan fingerprint density at radius 2 is 2.38 bits per heavy atom. The fraction of sp³-hybridized carbons (Fsp3) is 0.200.